The summed E-state index contributed by atoms with van der Waals surface area (Å²) in [6.45, 7) is 3.35. The van der Waals surface area contributed by atoms with Crippen LogP contribution in [0.25, 0.3) is 11.1 Å². The smallest absolute Gasteiger partial charge is 0.254 e. The third kappa shape index (κ3) is 5.02. The Kier molecular flexibility index (Phi) is 7.01. The van der Waals surface area contributed by atoms with Gasteiger partial charge in [0.1, 0.15) is 6.61 Å². The van der Waals surface area contributed by atoms with Gasteiger partial charge in [-0.3, -0.25) is 9.59 Å². The Morgan fingerprint density at radius 3 is 2.45 bits per heavy atom. The molecule has 2 aromatic carbocycles. The Morgan fingerprint density at radius 2 is 1.79 bits per heavy atom. The van der Waals surface area contributed by atoms with Gasteiger partial charge in [-0.05, 0) is 23.6 Å². The molecule has 1 saturated heterocycles. The van der Waals surface area contributed by atoms with Gasteiger partial charge in [-0.25, -0.2) is 0 Å². The van der Waals surface area contributed by atoms with Gasteiger partial charge in [-0.1, -0.05) is 54.6 Å². The van der Waals surface area contributed by atoms with E-state index in [4.69, 9.17) is 9.47 Å². The lowest BCUT2D eigenvalue weighted by molar-refractivity contribution is -0.167. The first-order valence-corrected chi connectivity index (χ1v) is 9.91. The van der Waals surface area contributed by atoms with Crippen LogP contribution in [0.15, 0.2) is 54.6 Å². The highest BCUT2D eigenvalue weighted by Gasteiger charge is 2.44. The van der Waals surface area contributed by atoms with E-state index in [9.17, 15) is 9.59 Å². The van der Waals surface area contributed by atoms with Gasteiger partial charge < -0.3 is 19.7 Å². The second-order valence-electron chi connectivity index (χ2n) is 7.19. The SMILES string of the molecule is CCNC(=O)C1(Cc2ccc(-c3ccccc3)cc2)CN(C(=O)COC)CCO1. The van der Waals surface area contributed by atoms with E-state index < -0.39 is 5.60 Å². The number of nitrogens with one attached hydrogen (secondary N) is 1. The van der Waals surface area contributed by atoms with Crippen molar-refractivity contribution < 1.29 is 19.1 Å². The van der Waals surface area contributed by atoms with Gasteiger partial charge in [0.25, 0.3) is 5.91 Å². The normalized spacial score (nSPS) is 19.0. The quantitative estimate of drug-likeness (QED) is 0.780. The lowest BCUT2D eigenvalue weighted by atomic mass is 9.90. The Balaban J connectivity index is 1.82. The summed E-state index contributed by atoms with van der Waals surface area (Å²) in [7, 11) is 1.49. The van der Waals surface area contributed by atoms with Crippen LogP contribution < -0.4 is 5.32 Å². The van der Waals surface area contributed by atoms with Gasteiger partial charge in [0.15, 0.2) is 5.60 Å². The second kappa shape index (κ2) is 9.67. The molecule has 1 atom stereocenters. The summed E-state index contributed by atoms with van der Waals surface area (Å²) in [5, 5.41) is 2.87. The van der Waals surface area contributed by atoms with E-state index in [0.717, 1.165) is 16.7 Å². The number of hydrogen-bond acceptors (Lipinski definition) is 4. The molecule has 6 nitrogen and oxygen atoms in total. The second-order valence-corrected chi connectivity index (χ2v) is 7.19. The van der Waals surface area contributed by atoms with Crippen LogP contribution in [0.3, 0.4) is 0 Å². The van der Waals surface area contributed by atoms with Crippen LogP contribution in [0.5, 0.6) is 0 Å². The predicted octanol–water partition coefficient (Wildman–Crippen LogP) is 2.28. The van der Waals surface area contributed by atoms with Crippen LogP contribution in [0.1, 0.15) is 12.5 Å². The first kappa shape index (κ1) is 21.0. The molecular weight excluding hydrogens is 368 g/mol. The first-order valence-electron chi connectivity index (χ1n) is 9.91. The van der Waals surface area contributed by atoms with Gasteiger partial charge in [0.05, 0.1) is 13.2 Å². The molecule has 29 heavy (non-hydrogen) atoms. The lowest BCUT2D eigenvalue weighted by Crippen LogP contribution is -2.62. The number of rotatable bonds is 7. The zero-order chi connectivity index (χ0) is 20.7. The minimum atomic E-state index is -1.11. The van der Waals surface area contributed by atoms with Crippen molar-refractivity contribution in [1.82, 2.24) is 10.2 Å². The van der Waals surface area contributed by atoms with Gasteiger partial charge in [0, 0.05) is 26.6 Å². The van der Waals surface area contributed by atoms with Crippen molar-refractivity contribution in [1.29, 1.82) is 0 Å². The molecule has 0 aliphatic carbocycles. The molecule has 1 N–H and O–H groups in total. The van der Waals surface area contributed by atoms with Crippen LogP contribution in [-0.4, -0.2) is 62.3 Å². The number of carbonyl (C=O) groups is 2. The summed E-state index contributed by atoms with van der Waals surface area (Å²) in [6.07, 6.45) is 0.394. The highest BCUT2D eigenvalue weighted by atomic mass is 16.5. The molecule has 1 aliphatic heterocycles. The van der Waals surface area contributed by atoms with E-state index in [0.29, 0.717) is 26.1 Å². The molecule has 154 valence electrons. The summed E-state index contributed by atoms with van der Waals surface area (Å²) < 4.78 is 11.0. The van der Waals surface area contributed by atoms with Crippen LogP contribution in [0.2, 0.25) is 0 Å². The fourth-order valence-corrected chi connectivity index (χ4v) is 3.63. The van der Waals surface area contributed by atoms with Crippen molar-refractivity contribution in [2.45, 2.75) is 18.9 Å². The maximum atomic E-state index is 12.9. The number of carbonyl (C=O) groups excluding carboxylic acids is 2. The number of hydrogen-bond donors (Lipinski definition) is 1. The van der Waals surface area contributed by atoms with E-state index in [-0.39, 0.29) is 25.0 Å². The highest BCUT2D eigenvalue weighted by Crippen LogP contribution is 2.26. The monoisotopic (exact) mass is 396 g/mol. The fourth-order valence-electron chi connectivity index (χ4n) is 3.63. The molecule has 1 fully saturated rings. The van der Waals surface area contributed by atoms with E-state index in [1.807, 2.05) is 49.4 Å². The molecule has 0 bridgehead atoms. The molecular formula is C23H28N2O4. The number of likely N-dealkylation sites (N-methyl/N-ethyl adjacent to an activating group) is 1. The number of amides is 2. The minimum Gasteiger partial charge on any atom is -0.375 e. The Hall–Kier alpha value is -2.70. The van der Waals surface area contributed by atoms with Crippen molar-refractivity contribution in [3.63, 3.8) is 0 Å². The predicted molar refractivity (Wildman–Crippen MR) is 111 cm³/mol. The van der Waals surface area contributed by atoms with Crippen LogP contribution in [0, 0.1) is 0 Å². The van der Waals surface area contributed by atoms with Gasteiger partial charge in [0.2, 0.25) is 5.91 Å². The fraction of sp³-hybridized carbons (Fsp3) is 0.391. The molecule has 0 saturated carbocycles. The molecule has 3 rings (SSSR count). The maximum absolute atomic E-state index is 12.9. The topological polar surface area (TPSA) is 67.9 Å². The van der Waals surface area contributed by atoms with Crippen LogP contribution in [0.4, 0.5) is 0 Å². The number of morpholine rings is 1. The van der Waals surface area contributed by atoms with Crippen molar-refractivity contribution in [2.24, 2.45) is 0 Å². The minimum absolute atomic E-state index is 0.00273. The molecule has 6 heteroatoms. The molecule has 1 heterocycles. The summed E-state index contributed by atoms with van der Waals surface area (Å²) >= 11 is 0. The lowest BCUT2D eigenvalue weighted by Gasteiger charge is -2.41. The summed E-state index contributed by atoms with van der Waals surface area (Å²) in [5.41, 5.74) is 2.13. The van der Waals surface area contributed by atoms with E-state index in [2.05, 4.69) is 17.4 Å². The van der Waals surface area contributed by atoms with Gasteiger partial charge in [-0.2, -0.15) is 0 Å². The largest absolute Gasteiger partial charge is 0.375 e. The average molecular weight is 396 g/mol. The average Bonchev–Trinajstić information content (AvgIpc) is 2.75. The third-order valence-electron chi connectivity index (χ3n) is 5.11. The Labute approximate surface area is 171 Å². The van der Waals surface area contributed by atoms with Crippen LogP contribution >= 0.6 is 0 Å². The number of methoxy groups -OCH3 is 1. The molecule has 2 aromatic rings. The van der Waals surface area contributed by atoms with E-state index in [1.54, 1.807) is 4.90 Å². The number of nitrogens with zero attached hydrogens (tertiary/aromatic N) is 1. The van der Waals surface area contributed by atoms with E-state index >= 15 is 0 Å². The van der Waals surface area contributed by atoms with Crippen molar-refractivity contribution in [2.75, 3.05) is 40.0 Å². The number of benzene rings is 2. The Morgan fingerprint density at radius 1 is 1.10 bits per heavy atom. The standard InChI is InChI=1S/C23H28N2O4/c1-3-24-22(27)23(17-25(13-14-29-23)21(26)16-28-2)15-18-9-11-20(12-10-18)19-7-5-4-6-8-19/h4-12H,3,13-17H2,1-2H3,(H,24,27). The summed E-state index contributed by atoms with van der Waals surface area (Å²) in [4.78, 5) is 26.9. The zero-order valence-electron chi connectivity index (χ0n) is 17.0. The number of ether oxygens (including phenoxy) is 2. The molecule has 1 unspecified atom stereocenters. The highest BCUT2D eigenvalue weighted by molar-refractivity contribution is 5.87. The van der Waals surface area contributed by atoms with Crippen LogP contribution in [-0.2, 0) is 25.5 Å². The third-order valence-corrected chi connectivity index (χ3v) is 5.11. The molecule has 0 spiro atoms. The molecule has 1 aliphatic rings. The Bertz CT molecular complexity index is 823. The maximum Gasteiger partial charge on any atom is 0.254 e. The molecule has 0 aromatic heterocycles. The zero-order valence-corrected chi connectivity index (χ0v) is 17.0. The summed E-state index contributed by atoms with van der Waals surface area (Å²) in [5.74, 6) is -0.328. The molecule has 2 amide bonds. The van der Waals surface area contributed by atoms with Crippen molar-refractivity contribution in [3.05, 3.63) is 60.2 Å². The van der Waals surface area contributed by atoms with Crippen molar-refractivity contribution >= 4 is 11.8 Å². The van der Waals surface area contributed by atoms with Gasteiger partial charge >= 0.3 is 0 Å². The first-order chi connectivity index (χ1) is 14.1. The summed E-state index contributed by atoms with van der Waals surface area (Å²) in [6, 6.07) is 18.3. The van der Waals surface area contributed by atoms with E-state index in [1.165, 1.54) is 7.11 Å². The molecule has 0 radical (unpaired) electrons. The van der Waals surface area contributed by atoms with Gasteiger partial charge in [-0.15, -0.1) is 0 Å². The van der Waals surface area contributed by atoms with Crippen molar-refractivity contribution in [3.8, 4) is 11.1 Å².